The molecule has 4 aliphatic carbocycles. The van der Waals surface area contributed by atoms with E-state index < -0.39 is 0 Å². The molecule has 0 aromatic heterocycles. The van der Waals surface area contributed by atoms with Gasteiger partial charge in [0.25, 0.3) is 0 Å². The summed E-state index contributed by atoms with van der Waals surface area (Å²) in [5, 5.41) is 10.2. The lowest BCUT2D eigenvalue weighted by Crippen LogP contribution is -2.53. The third kappa shape index (κ3) is 3.72. The van der Waals surface area contributed by atoms with Gasteiger partial charge in [-0.25, -0.2) is 0 Å². The quantitative estimate of drug-likeness (QED) is 0.442. The molecule has 4 rings (SSSR count). The standard InChI is InChI=1S/C27H48O/c1-4-5-6-7-8-9-10-20-12-14-24-23-13-11-21-19-22(28)15-17-27(21,3)25(23)16-18-26(20,24)2/h20-25,28H,4-19H2,1-3H3/t20-,21?,22-,23?,24?,25?,26+,27-/m0/s1. The SMILES string of the molecule is CCCCCCCC[C@H]1CCC2C3CCC4C[C@@H](O)CC[C@]4(C)C3CC[C@@]21C. The maximum Gasteiger partial charge on any atom is 0.0543 e. The normalized spacial score (nSPS) is 48.0. The lowest BCUT2D eigenvalue weighted by Gasteiger charge is -2.61. The van der Waals surface area contributed by atoms with Crippen molar-refractivity contribution < 1.29 is 5.11 Å². The van der Waals surface area contributed by atoms with Gasteiger partial charge in [0, 0.05) is 0 Å². The van der Waals surface area contributed by atoms with E-state index in [-0.39, 0.29) is 6.10 Å². The molecule has 4 unspecified atom stereocenters. The van der Waals surface area contributed by atoms with Gasteiger partial charge >= 0.3 is 0 Å². The average molecular weight is 389 g/mol. The van der Waals surface area contributed by atoms with Crippen LogP contribution in [0.4, 0.5) is 0 Å². The van der Waals surface area contributed by atoms with E-state index in [4.69, 9.17) is 0 Å². The van der Waals surface area contributed by atoms with Crippen molar-refractivity contribution >= 4 is 0 Å². The summed E-state index contributed by atoms with van der Waals surface area (Å²) >= 11 is 0. The highest BCUT2D eigenvalue weighted by molar-refractivity contribution is 5.09. The number of unbranched alkanes of at least 4 members (excludes halogenated alkanes) is 5. The van der Waals surface area contributed by atoms with Gasteiger partial charge in [0.2, 0.25) is 0 Å². The molecule has 1 N–H and O–H groups in total. The third-order valence-corrected chi connectivity index (χ3v) is 10.7. The topological polar surface area (TPSA) is 20.2 Å². The number of aliphatic hydroxyl groups excluding tert-OH is 1. The minimum absolute atomic E-state index is 0.00308. The molecule has 0 saturated heterocycles. The van der Waals surface area contributed by atoms with E-state index in [9.17, 15) is 5.11 Å². The smallest absolute Gasteiger partial charge is 0.0543 e. The van der Waals surface area contributed by atoms with Crippen LogP contribution in [0.25, 0.3) is 0 Å². The van der Waals surface area contributed by atoms with Crippen molar-refractivity contribution in [2.75, 3.05) is 0 Å². The zero-order valence-corrected chi connectivity index (χ0v) is 19.2. The number of hydrogen-bond acceptors (Lipinski definition) is 1. The zero-order chi connectivity index (χ0) is 19.8. The van der Waals surface area contributed by atoms with Crippen molar-refractivity contribution in [2.45, 2.75) is 130 Å². The monoisotopic (exact) mass is 388 g/mol. The minimum atomic E-state index is -0.00308. The fraction of sp³-hybridized carbons (Fsp3) is 1.00. The summed E-state index contributed by atoms with van der Waals surface area (Å²) in [6, 6.07) is 0. The van der Waals surface area contributed by atoms with Crippen molar-refractivity contribution in [1.29, 1.82) is 0 Å². The Balaban J connectivity index is 1.37. The van der Waals surface area contributed by atoms with Crippen molar-refractivity contribution in [3.63, 3.8) is 0 Å². The van der Waals surface area contributed by atoms with Gasteiger partial charge in [0.15, 0.2) is 0 Å². The molecule has 0 spiro atoms. The Kier molecular flexibility index (Phi) is 6.51. The summed E-state index contributed by atoms with van der Waals surface area (Å²) in [4.78, 5) is 0. The molecular formula is C27H48O. The first-order valence-electron chi connectivity index (χ1n) is 13.2. The predicted octanol–water partition coefficient (Wildman–Crippen LogP) is 7.76. The molecule has 4 aliphatic rings. The van der Waals surface area contributed by atoms with E-state index in [0.717, 1.165) is 42.4 Å². The Morgan fingerprint density at radius 1 is 0.750 bits per heavy atom. The first kappa shape index (κ1) is 21.2. The van der Waals surface area contributed by atoms with Gasteiger partial charge in [-0.1, -0.05) is 59.3 Å². The van der Waals surface area contributed by atoms with Gasteiger partial charge in [-0.05, 0) is 105 Å². The van der Waals surface area contributed by atoms with Crippen LogP contribution in [-0.2, 0) is 0 Å². The second-order valence-corrected chi connectivity index (χ2v) is 12.0. The van der Waals surface area contributed by atoms with Crippen LogP contribution in [0.1, 0.15) is 124 Å². The Bertz CT molecular complexity index is 514. The molecular weight excluding hydrogens is 340 g/mol. The maximum absolute atomic E-state index is 10.2. The lowest BCUT2D eigenvalue weighted by molar-refractivity contribution is -0.127. The molecule has 162 valence electrons. The number of rotatable bonds is 7. The Morgan fingerprint density at radius 2 is 1.46 bits per heavy atom. The molecule has 4 fully saturated rings. The van der Waals surface area contributed by atoms with E-state index in [1.165, 1.54) is 89.9 Å². The highest BCUT2D eigenvalue weighted by atomic mass is 16.3. The van der Waals surface area contributed by atoms with Crippen molar-refractivity contribution in [3.05, 3.63) is 0 Å². The fourth-order valence-electron chi connectivity index (χ4n) is 8.99. The minimum Gasteiger partial charge on any atom is -0.393 e. The van der Waals surface area contributed by atoms with E-state index in [1.807, 2.05) is 0 Å². The van der Waals surface area contributed by atoms with Gasteiger partial charge in [-0.15, -0.1) is 0 Å². The number of fused-ring (bicyclic) bond motifs is 5. The van der Waals surface area contributed by atoms with Crippen LogP contribution in [0.3, 0.4) is 0 Å². The lowest BCUT2D eigenvalue weighted by atomic mass is 9.44. The second-order valence-electron chi connectivity index (χ2n) is 12.0. The van der Waals surface area contributed by atoms with Gasteiger partial charge < -0.3 is 5.11 Å². The molecule has 1 nitrogen and oxygen atoms in total. The van der Waals surface area contributed by atoms with Crippen molar-refractivity contribution in [3.8, 4) is 0 Å². The summed E-state index contributed by atoms with van der Waals surface area (Å²) in [5.41, 5.74) is 1.20. The third-order valence-electron chi connectivity index (χ3n) is 10.7. The summed E-state index contributed by atoms with van der Waals surface area (Å²) in [5.74, 6) is 4.81. The summed E-state index contributed by atoms with van der Waals surface area (Å²) in [6.07, 6.45) is 22.6. The molecule has 0 aromatic rings. The van der Waals surface area contributed by atoms with Gasteiger partial charge in [-0.2, -0.15) is 0 Å². The first-order chi connectivity index (χ1) is 13.5. The average Bonchev–Trinajstić information content (AvgIpc) is 3.01. The first-order valence-corrected chi connectivity index (χ1v) is 13.2. The van der Waals surface area contributed by atoms with E-state index in [2.05, 4.69) is 20.8 Å². The molecule has 8 atom stereocenters. The fourth-order valence-corrected chi connectivity index (χ4v) is 8.99. The Morgan fingerprint density at radius 3 is 2.29 bits per heavy atom. The molecule has 0 heterocycles. The molecule has 4 saturated carbocycles. The molecule has 1 heteroatoms. The van der Waals surface area contributed by atoms with Crippen molar-refractivity contribution in [2.24, 2.45) is 40.4 Å². The van der Waals surface area contributed by atoms with Gasteiger partial charge in [0.1, 0.15) is 0 Å². The molecule has 0 bridgehead atoms. The molecule has 0 aliphatic heterocycles. The molecule has 0 radical (unpaired) electrons. The summed E-state index contributed by atoms with van der Waals surface area (Å²) < 4.78 is 0. The van der Waals surface area contributed by atoms with E-state index >= 15 is 0 Å². The second kappa shape index (κ2) is 8.60. The highest BCUT2D eigenvalue weighted by Gasteiger charge is 2.59. The van der Waals surface area contributed by atoms with Crippen LogP contribution in [0.5, 0.6) is 0 Å². The Hall–Kier alpha value is -0.0400. The van der Waals surface area contributed by atoms with Crippen LogP contribution < -0.4 is 0 Å². The molecule has 0 aromatic carbocycles. The van der Waals surface area contributed by atoms with Gasteiger partial charge in [-0.3, -0.25) is 0 Å². The summed E-state index contributed by atoms with van der Waals surface area (Å²) in [6.45, 7) is 7.66. The largest absolute Gasteiger partial charge is 0.393 e. The van der Waals surface area contributed by atoms with Crippen molar-refractivity contribution in [1.82, 2.24) is 0 Å². The highest BCUT2D eigenvalue weighted by Crippen LogP contribution is 2.67. The van der Waals surface area contributed by atoms with Crippen LogP contribution in [-0.4, -0.2) is 11.2 Å². The van der Waals surface area contributed by atoms with Crippen LogP contribution in [0.2, 0.25) is 0 Å². The predicted molar refractivity (Wildman–Crippen MR) is 119 cm³/mol. The molecule has 28 heavy (non-hydrogen) atoms. The van der Waals surface area contributed by atoms with Gasteiger partial charge in [0.05, 0.1) is 6.10 Å². The number of aliphatic hydroxyl groups is 1. The Labute approximate surface area is 175 Å². The van der Waals surface area contributed by atoms with E-state index in [0.29, 0.717) is 10.8 Å². The zero-order valence-electron chi connectivity index (χ0n) is 19.2. The van der Waals surface area contributed by atoms with E-state index in [1.54, 1.807) is 0 Å². The van der Waals surface area contributed by atoms with Crippen LogP contribution in [0, 0.1) is 40.4 Å². The molecule has 0 amide bonds. The summed E-state index contributed by atoms with van der Waals surface area (Å²) in [7, 11) is 0. The maximum atomic E-state index is 10.2. The van der Waals surface area contributed by atoms with Crippen LogP contribution in [0.15, 0.2) is 0 Å². The van der Waals surface area contributed by atoms with Crippen LogP contribution >= 0.6 is 0 Å². The number of hydrogen-bond donors (Lipinski definition) is 1.